The number of hydrogen-bond acceptors (Lipinski definition) is 2. The van der Waals surface area contributed by atoms with E-state index in [0.29, 0.717) is 6.42 Å². The summed E-state index contributed by atoms with van der Waals surface area (Å²) in [5.74, 6) is 0.926. The summed E-state index contributed by atoms with van der Waals surface area (Å²) in [7, 11) is 0. The molecular formula is C19H30O2. The minimum absolute atomic E-state index is 0.0529. The molecule has 0 N–H and O–H groups in total. The van der Waals surface area contributed by atoms with E-state index in [1.165, 1.54) is 11.1 Å². The molecule has 0 aliphatic heterocycles. The zero-order valence-corrected chi connectivity index (χ0v) is 14.8. The van der Waals surface area contributed by atoms with Gasteiger partial charge in [-0.3, -0.25) is 4.79 Å². The number of ether oxygens (including phenoxy) is 1. The first-order valence-electron chi connectivity index (χ1n) is 7.80. The summed E-state index contributed by atoms with van der Waals surface area (Å²) in [6.07, 6.45) is 0.115. The van der Waals surface area contributed by atoms with E-state index in [2.05, 4.69) is 59.7 Å². The van der Waals surface area contributed by atoms with Crippen LogP contribution in [0.2, 0.25) is 0 Å². The molecule has 0 fully saturated rings. The number of carbonyl (C=O) groups excluding carboxylic acids is 1. The van der Waals surface area contributed by atoms with Crippen molar-refractivity contribution in [2.75, 3.05) is 0 Å². The summed E-state index contributed by atoms with van der Waals surface area (Å²) in [6, 6.07) is 6.38. The summed E-state index contributed by atoms with van der Waals surface area (Å²) in [6.45, 7) is 16.9. The van der Waals surface area contributed by atoms with Crippen molar-refractivity contribution in [1.82, 2.24) is 0 Å². The standard InChI is InChI=1S/C19H30O2/c1-9-17(20)13(2)21-16-11-14(18(3,4)5)10-15(12-16)19(6,7)8/h10-13H,9H2,1-8H3. The lowest BCUT2D eigenvalue weighted by atomic mass is 9.80. The van der Waals surface area contributed by atoms with Gasteiger partial charge in [0.25, 0.3) is 0 Å². The Bertz CT molecular complexity index is 469. The Hall–Kier alpha value is -1.31. The molecule has 0 bridgehead atoms. The first-order valence-corrected chi connectivity index (χ1v) is 7.80. The van der Waals surface area contributed by atoms with Crippen molar-refractivity contribution < 1.29 is 9.53 Å². The van der Waals surface area contributed by atoms with Gasteiger partial charge in [-0.05, 0) is 41.0 Å². The molecule has 2 nitrogen and oxygen atoms in total. The van der Waals surface area contributed by atoms with Gasteiger partial charge in [-0.25, -0.2) is 0 Å². The van der Waals surface area contributed by atoms with E-state index in [0.717, 1.165) is 5.75 Å². The van der Waals surface area contributed by atoms with Crippen LogP contribution in [-0.4, -0.2) is 11.9 Å². The maximum Gasteiger partial charge on any atom is 0.172 e. The zero-order chi connectivity index (χ0) is 16.4. The molecule has 2 heteroatoms. The lowest BCUT2D eigenvalue weighted by Crippen LogP contribution is -2.24. The second-order valence-corrected chi connectivity index (χ2v) is 7.83. The maximum absolute atomic E-state index is 11.8. The zero-order valence-electron chi connectivity index (χ0n) is 14.8. The molecule has 0 aliphatic rings. The fraction of sp³-hybridized carbons (Fsp3) is 0.632. The van der Waals surface area contributed by atoms with Crippen LogP contribution in [-0.2, 0) is 15.6 Å². The Labute approximate surface area is 129 Å². The van der Waals surface area contributed by atoms with Crippen molar-refractivity contribution in [3.8, 4) is 5.75 Å². The van der Waals surface area contributed by atoms with E-state index in [1.54, 1.807) is 0 Å². The Morgan fingerprint density at radius 1 is 1.00 bits per heavy atom. The van der Waals surface area contributed by atoms with Gasteiger partial charge in [-0.15, -0.1) is 0 Å². The van der Waals surface area contributed by atoms with Crippen molar-refractivity contribution in [3.05, 3.63) is 29.3 Å². The van der Waals surface area contributed by atoms with Crippen LogP contribution in [0, 0.1) is 0 Å². The van der Waals surface area contributed by atoms with Gasteiger partial charge in [0.1, 0.15) is 5.75 Å². The molecule has 1 unspecified atom stereocenters. The van der Waals surface area contributed by atoms with Crippen molar-refractivity contribution in [2.24, 2.45) is 0 Å². The largest absolute Gasteiger partial charge is 0.483 e. The van der Waals surface area contributed by atoms with Crippen LogP contribution >= 0.6 is 0 Å². The van der Waals surface area contributed by atoms with E-state index in [-0.39, 0.29) is 16.6 Å². The first-order chi connectivity index (χ1) is 9.45. The third-order valence-electron chi connectivity index (χ3n) is 3.75. The molecule has 0 aliphatic carbocycles. The molecule has 0 saturated heterocycles. The van der Waals surface area contributed by atoms with E-state index in [1.807, 2.05) is 13.8 Å². The monoisotopic (exact) mass is 290 g/mol. The average molecular weight is 290 g/mol. The van der Waals surface area contributed by atoms with E-state index in [4.69, 9.17) is 4.74 Å². The highest BCUT2D eigenvalue weighted by Crippen LogP contribution is 2.33. The molecule has 0 aromatic heterocycles. The highest BCUT2D eigenvalue weighted by Gasteiger charge is 2.22. The van der Waals surface area contributed by atoms with Gasteiger partial charge in [-0.1, -0.05) is 54.5 Å². The smallest absolute Gasteiger partial charge is 0.172 e. The van der Waals surface area contributed by atoms with Crippen LogP contribution in [0.25, 0.3) is 0 Å². The Balaban J connectivity index is 3.23. The molecule has 0 saturated carbocycles. The van der Waals surface area contributed by atoms with Crippen LogP contribution in [0.5, 0.6) is 5.75 Å². The number of rotatable bonds is 4. The van der Waals surface area contributed by atoms with Crippen molar-refractivity contribution >= 4 is 5.78 Å². The van der Waals surface area contributed by atoms with Crippen molar-refractivity contribution in [3.63, 3.8) is 0 Å². The molecule has 1 aromatic rings. The van der Waals surface area contributed by atoms with E-state index >= 15 is 0 Å². The molecule has 21 heavy (non-hydrogen) atoms. The van der Waals surface area contributed by atoms with Crippen LogP contribution in [0.15, 0.2) is 18.2 Å². The Kier molecular flexibility index (Phi) is 5.25. The number of benzene rings is 1. The molecule has 0 amide bonds. The predicted molar refractivity (Wildman–Crippen MR) is 89.2 cm³/mol. The minimum Gasteiger partial charge on any atom is -0.483 e. The summed E-state index contributed by atoms with van der Waals surface area (Å²) in [5.41, 5.74) is 2.58. The SMILES string of the molecule is CCC(=O)C(C)Oc1cc(C(C)(C)C)cc(C(C)(C)C)c1. The molecule has 0 spiro atoms. The van der Waals surface area contributed by atoms with E-state index in [9.17, 15) is 4.79 Å². The van der Waals surface area contributed by atoms with E-state index < -0.39 is 6.10 Å². The average Bonchev–Trinajstić information content (AvgIpc) is 2.35. The number of carbonyl (C=O) groups is 1. The second-order valence-electron chi connectivity index (χ2n) is 7.83. The molecule has 1 rings (SSSR count). The third kappa shape index (κ3) is 4.87. The van der Waals surface area contributed by atoms with Crippen LogP contribution in [0.3, 0.4) is 0 Å². The molecule has 0 heterocycles. The Morgan fingerprint density at radius 3 is 1.76 bits per heavy atom. The number of Topliss-reactive ketones (excluding diaryl/α,β-unsaturated/α-hetero) is 1. The summed E-state index contributed by atoms with van der Waals surface area (Å²) < 4.78 is 5.89. The highest BCUT2D eigenvalue weighted by atomic mass is 16.5. The summed E-state index contributed by atoms with van der Waals surface area (Å²) in [4.78, 5) is 11.8. The molecule has 1 aromatic carbocycles. The van der Waals surface area contributed by atoms with Crippen molar-refractivity contribution in [2.45, 2.75) is 78.7 Å². The number of ketones is 1. The van der Waals surface area contributed by atoms with Gasteiger partial charge >= 0.3 is 0 Å². The van der Waals surface area contributed by atoms with Gasteiger partial charge in [0, 0.05) is 6.42 Å². The molecule has 118 valence electrons. The maximum atomic E-state index is 11.8. The fourth-order valence-electron chi connectivity index (χ4n) is 2.09. The highest BCUT2D eigenvalue weighted by molar-refractivity contribution is 5.82. The molecular weight excluding hydrogens is 260 g/mol. The first kappa shape index (κ1) is 17.7. The molecule has 1 atom stereocenters. The van der Waals surface area contributed by atoms with Crippen LogP contribution < -0.4 is 4.74 Å². The van der Waals surface area contributed by atoms with Gasteiger partial charge in [0.05, 0.1) is 0 Å². The second kappa shape index (κ2) is 6.21. The lowest BCUT2D eigenvalue weighted by Gasteiger charge is -2.26. The number of hydrogen-bond donors (Lipinski definition) is 0. The fourth-order valence-corrected chi connectivity index (χ4v) is 2.09. The van der Waals surface area contributed by atoms with Crippen molar-refractivity contribution in [1.29, 1.82) is 0 Å². The van der Waals surface area contributed by atoms with Crippen LogP contribution in [0.4, 0.5) is 0 Å². The van der Waals surface area contributed by atoms with Gasteiger partial charge in [0.2, 0.25) is 0 Å². The predicted octanol–water partition coefficient (Wildman–Crippen LogP) is 5.03. The van der Waals surface area contributed by atoms with Gasteiger partial charge in [0.15, 0.2) is 11.9 Å². The van der Waals surface area contributed by atoms with Gasteiger partial charge < -0.3 is 4.74 Å². The quantitative estimate of drug-likeness (QED) is 0.777. The topological polar surface area (TPSA) is 26.3 Å². The summed E-state index contributed by atoms with van der Waals surface area (Å²) >= 11 is 0. The minimum atomic E-state index is -0.391. The normalized spacial score (nSPS) is 13.9. The van der Waals surface area contributed by atoms with Gasteiger partial charge in [-0.2, -0.15) is 0 Å². The lowest BCUT2D eigenvalue weighted by molar-refractivity contribution is -0.124. The summed E-state index contributed by atoms with van der Waals surface area (Å²) in [5, 5.41) is 0. The Morgan fingerprint density at radius 2 is 1.43 bits per heavy atom. The van der Waals surface area contributed by atoms with Crippen LogP contribution in [0.1, 0.15) is 72.9 Å². The third-order valence-corrected chi connectivity index (χ3v) is 3.75. The molecule has 0 radical (unpaired) electrons.